The Kier molecular flexibility index (Phi) is 10.0. The van der Waals surface area contributed by atoms with Gasteiger partial charge in [-0.15, -0.1) is 24.8 Å². The Labute approximate surface area is 206 Å². The second kappa shape index (κ2) is 12.3. The van der Waals surface area contributed by atoms with Crippen molar-refractivity contribution in [2.45, 2.75) is 44.7 Å². The van der Waals surface area contributed by atoms with Gasteiger partial charge < -0.3 is 15.8 Å². The largest absolute Gasteiger partial charge is 0.494 e. The number of anilines is 1. The highest BCUT2D eigenvalue weighted by molar-refractivity contribution is 6.30. The van der Waals surface area contributed by atoms with Crippen LogP contribution in [0.25, 0.3) is 23.1 Å². The summed E-state index contributed by atoms with van der Waals surface area (Å²) in [6, 6.07) is 14.3. The van der Waals surface area contributed by atoms with E-state index >= 15 is 0 Å². The van der Waals surface area contributed by atoms with E-state index in [4.69, 9.17) is 32.0 Å². The highest BCUT2D eigenvalue weighted by Gasteiger charge is 2.20. The minimum absolute atomic E-state index is 0. The monoisotopic (exact) mass is 494 g/mol. The van der Waals surface area contributed by atoms with Gasteiger partial charge in [-0.05, 0) is 74.6 Å². The van der Waals surface area contributed by atoms with E-state index < -0.39 is 0 Å². The SMILES string of the molecule is CCOc1ccc2nc(/C=C/c3ccc(Cl)cc3)nc(NC3CCC(N)CC3)c2c1.Cl.Cl. The molecule has 0 saturated heterocycles. The molecule has 1 fully saturated rings. The van der Waals surface area contributed by atoms with Crippen LogP contribution in [0.1, 0.15) is 44.0 Å². The van der Waals surface area contributed by atoms with Crippen molar-refractivity contribution in [3.05, 3.63) is 58.9 Å². The molecule has 8 heteroatoms. The molecular weight excluding hydrogens is 467 g/mol. The first-order valence-corrected chi connectivity index (χ1v) is 10.9. The fourth-order valence-corrected chi connectivity index (χ4v) is 3.89. The third kappa shape index (κ3) is 6.72. The lowest BCUT2D eigenvalue weighted by Gasteiger charge is -2.27. The van der Waals surface area contributed by atoms with Gasteiger partial charge in [-0.1, -0.05) is 29.8 Å². The maximum Gasteiger partial charge on any atom is 0.154 e. The van der Waals surface area contributed by atoms with Gasteiger partial charge in [-0.25, -0.2) is 9.97 Å². The highest BCUT2D eigenvalue weighted by atomic mass is 35.5. The normalized spacial score (nSPS) is 18.1. The molecule has 1 aliphatic carbocycles. The summed E-state index contributed by atoms with van der Waals surface area (Å²) in [4.78, 5) is 9.56. The second-order valence-corrected chi connectivity index (χ2v) is 8.12. The average molecular weight is 496 g/mol. The number of hydrogen-bond acceptors (Lipinski definition) is 5. The smallest absolute Gasteiger partial charge is 0.154 e. The predicted octanol–water partition coefficient (Wildman–Crippen LogP) is 6.38. The molecule has 4 rings (SSSR count). The molecule has 1 heterocycles. The second-order valence-electron chi connectivity index (χ2n) is 7.68. The summed E-state index contributed by atoms with van der Waals surface area (Å²) in [5.74, 6) is 2.33. The average Bonchev–Trinajstić information content (AvgIpc) is 2.75. The Bertz CT molecular complexity index is 1040. The van der Waals surface area contributed by atoms with E-state index in [1.807, 2.05) is 61.5 Å². The Morgan fingerprint density at radius 1 is 1.03 bits per heavy atom. The van der Waals surface area contributed by atoms with Crippen LogP contribution in [0.4, 0.5) is 5.82 Å². The van der Waals surface area contributed by atoms with Gasteiger partial charge >= 0.3 is 0 Å². The molecule has 3 N–H and O–H groups in total. The van der Waals surface area contributed by atoms with Crippen LogP contribution in [0.15, 0.2) is 42.5 Å². The third-order valence-corrected chi connectivity index (χ3v) is 5.66. The van der Waals surface area contributed by atoms with E-state index in [0.717, 1.165) is 58.7 Å². The van der Waals surface area contributed by atoms with Crippen molar-refractivity contribution in [1.29, 1.82) is 0 Å². The maximum atomic E-state index is 6.07. The number of aromatic nitrogens is 2. The quantitative estimate of drug-likeness (QED) is 0.415. The van der Waals surface area contributed by atoms with E-state index in [1.54, 1.807) is 0 Å². The topological polar surface area (TPSA) is 73.1 Å². The van der Waals surface area contributed by atoms with Crippen molar-refractivity contribution in [2.24, 2.45) is 5.73 Å². The lowest BCUT2D eigenvalue weighted by Crippen LogP contribution is -2.33. The van der Waals surface area contributed by atoms with E-state index in [-0.39, 0.29) is 24.8 Å². The summed E-state index contributed by atoms with van der Waals surface area (Å²) >= 11 is 5.98. The molecule has 0 atom stereocenters. The number of nitrogens with one attached hydrogen (secondary N) is 1. The van der Waals surface area contributed by atoms with Crippen molar-refractivity contribution < 1.29 is 4.74 Å². The van der Waals surface area contributed by atoms with Crippen molar-refractivity contribution in [2.75, 3.05) is 11.9 Å². The molecule has 1 aromatic heterocycles. The van der Waals surface area contributed by atoms with Crippen LogP contribution in [-0.4, -0.2) is 28.7 Å². The number of benzene rings is 2. The minimum Gasteiger partial charge on any atom is -0.494 e. The van der Waals surface area contributed by atoms with Crippen LogP contribution in [0.2, 0.25) is 5.02 Å². The summed E-state index contributed by atoms with van der Waals surface area (Å²) in [5, 5.41) is 5.34. The number of fused-ring (bicyclic) bond motifs is 1. The van der Waals surface area contributed by atoms with Crippen molar-refractivity contribution >= 4 is 65.3 Å². The van der Waals surface area contributed by atoms with Gasteiger partial charge in [-0.2, -0.15) is 0 Å². The van der Waals surface area contributed by atoms with E-state index in [1.165, 1.54) is 0 Å². The summed E-state index contributed by atoms with van der Waals surface area (Å²) < 4.78 is 5.69. The Balaban J connectivity index is 0.00000181. The number of nitrogens with two attached hydrogens (primary N) is 1. The molecule has 5 nitrogen and oxygen atoms in total. The molecule has 1 aliphatic rings. The van der Waals surface area contributed by atoms with E-state index in [2.05, 4.69) is 5.32 Å². The van der Waals surface area contributed by atoms with Crippen LogP contribution < -0.4 is 15.8 Å². The van der Waals surface area contributed by atoms with Gasteiger partial charge in [0.25, 0.3) is 0 Å². The van der Waals surface area contributed by atoms with Crippen LogP contribution in [0.5, 0.6) is 5.75 Å². The first-order chi connectivity index (χ1) is 14.6. The zero-order valence-electron chi connectivity index (χ0n) is 18.0. The van der Waals surface area contributed by atoms with Crippen LogP contribution >= 0.6 is 36.4 Å². The predicted molar refractivity (Wildman–Crippen MR) is 139 cm³/mol. The molecule has 0 spiro atoms. The molecule has 0 aliphatic heterocycles. The Morgan fingerprint density at radius 3 is 2.44 bits per heavy atom. The number of hydrogen-bond donors (Lipinski definition) is 2. The molecule has 32 heavy (non-hydrogen) atoms. The summed E-state index contributed by atoms with van der Waals surface area (Å²) in [7, 11) is 0. The van der Waals surface area contributed by atoms with Crippen molar-refractivity contribution in [3.63, 3.8) is 0 Å². The summed E-state index contributed by atoms with van der Waals surface area (Å²) in [6.45, 7) is 2.60. The van der Waals surface area contributed by atoms with Crippen LogP contribution in [-0.2, 0) is 0 Å². The first-order valence-electron chi connectivity index (χ1n) is 10.5. The zero-order chi connectivity index (χ0) is 20.9. The number of halogens is 3. The molecule has 0 bridgehead atoms. The van der Waals surface area contributed by atoms with Gasteiger partial charge in [0.1, 0.15) is 11.6 Å². The van der Waals surface area contributed by atoms with Crippen molar-refractivity contribution in [3.8, 4) is 5.75 Å². The van der Waals surface area contributed by atoms with Gasteiger partial charge in [0.05, 0.1) is 12.1 Å². The summed E-state index contributed by atoms with van der Waals surface area (Å²) in [5.41, 5.74) is 8.01. The molecule has 1 saturated carbocycles. The van der Waals surface area contributed by atoms with E-state index in [9.17, 15) is 0 Å². The standard InChI is InChI=1S/C24H27ClN4O.2ClH/c1-2-30-20-12-13-22-21(15-20)24(27-19-10-8-18(26)9-11-19)29-23(28-22)14-5-16-3-6-17(25)7-4-16;;/h3-7,12-15,18-19H,2,8-11,26H2,1H3,(H,27,28,29);2*1H/b14-5+;;. The van der Waals surface area contributed by atoms with Gasteiger partial charge in [0.2, 0.25) is 0 Å². The maximum absolute atomic E-state index is 6.07. The minimum atomic E-state index is 0. The Hall–Kier alpha value is -2.05. The van der Waals surface area contributed by atoms with Crippen LogP contribution in [0.3, 0.4) is 0 Å². The fraction of sp³-hybridized carbons (Fsp3) is 0.333. The zero-order valence-corrected chi connectivity index (χ0v) is 20.3. The molecule has 0 amide bonds. The first kappa shape index (κ1) is 26.2. The lowest BCUT2D eigenvalue weighted by molar-refractivity contribution is 0.340. The number of nitrogens with zero attached hydrogens (tertiary/aromatic N) is 2. The lowest BCUT2D eigenvalue weighted by atomic mass is 9.92. The molecule has 3 aromatic rings. The van der Waals surface area contributed by atoms with Crippen molar-refractivity contribution in [1.82, 2.24) is 9.97 Å². The highest BCUT2D eigenvalue weighted by Crippen LogP contribution is 2.29. The van der Waals surface area contributed by atoms with Gasteiger partial charge in [0, 0.05) is 22.5 Å². The molecule has 0 radical (unpaired) electrons. The van der Waals surface area contributed by atoms with Gasteiger partial charge in [-0.3, -0.25) is 0 Å². The summed E-state index contributed by atoms with van der Waals surface area (Å²) in [6.07, 6.45) is 8.10. The van der Waals surface area contributed by atoms with Gasteiger partial charge in [0.15, 0.2) is 5.82 Å². The molecular formula is C24H29Cl3N4O. The Morgan fingerprint density at radius 2 is 1.75 bits per heavy atom. The number of ether oxygens (including phenoxy) is 1. The molecule has 172 valence electrons. The third-order valence-electron chi connectivity index (χ3n) is 5.40. The molecule has 2 aromatic carbocycles. The van der Waals surface area contributed by atoms with Crippen LogP contribution in [0, 0.1) is 0 Å². The fourth-order valence-electron chi connectivity index (χ4n) is 3.77. The molecule has 0 unspecified atom stereocenters. The van der Waals surface area contributed by atoms with E-state index in [0.29, 0.717) is 24.5 Å². The number of rotatable bonds is 6.